The van der Waals surface area contributed by atoms with Gasteiger partial charge in [-0.1, -0.05) is 52.0 Å². The minimum atomic E-state index is 0.0129. The van der Waals surface area contributed by atoms with Crippen molar-refractivity contribution < 1.29 is 4.79 Å². The summed E-state index contributed by atoms with van der Waals surface area (Å²) in [4.78, 5) is 13.6. The Morgan fingerprint density at radius 2 is 1.80 bits per heavy atom. The molecule has 1 aromatic heterocycles. The number of hydrogen-bond donors (Lipinski definition) is 1. The third-order valence-corrected chi connectivity index (χ3v) is 4.53. The molecule has 3 heteroatoms. The number of carbonyl (C=O) groups excluding carboxylic acids is 1. The first-order chi connectivity index (χ1) is 9.32. The zero-order valence-corrected chi connectivity index (χ0v) is 13.3. The third kappa shape index (κ3) is 2.93. The number of rotatable bonds is 3. The van der Waals surface area contributed by atoms with E-state index in [-0.39, 0.29) is 11.2 Å². The number of ketones is 1. The summed E-state index contributed by atoms with van der Waals surface area (Å²) in [5.74, 6) is 0.0129. The summed E-state index contributed by atoms with van der Waals surface area (Å²) in [5, 5.41) is 0.617. The Morgan fingerprint density at radius 3 is 2.25 bits per heavy atom. The second kappa shape index (κ2) is 5.41. The van der Waals surface area contributed by atoms with Crippen LogP contribution in [0.25, 0.3) is 0 Å². The molecule has 0 aliphatic heterocycles. The van der Waals surface area contributed by atoms with Gasteiger partial charge < -0.3 is 5.73 Å². The van der Waals surface area contributed by atoms with E-state index in [2.05, 4.69) is 27.7 Å². The number of anilines is 1. The van der Waals surface area contributed by atoms with Crippen molar-refractivity contribution in [3.8, 4) is 0 Å². The standard InChI is InChI=1S/C17H21NOS/c1-5-13-10-14(16(18)20-13)15(19)11-6-8-12(9-7-11)17(2,3)4/h6-10H,5,18H2,1-4H3. The Kier molecular flexibility index (Phi) is 4.00. The second-order valence-corrected chi connectivity index (χ2v) is 7.17. The van der Waals surface area contributed by atoms with Crippen molar-refractivity contribution in [3.05, 3.63) is 51.9 Å². The van der Waals surface area contributed by atoms with E-state index in [1.807, 2.05) is 30.3 Å². The van der Waals surface area contributed by atoms with E-state index in [0.717, 1.165) is 11.3 Å². The van der Waals surface area contributed by atoms with E-state index in [4.69, 9.17) is 5.73 Å². The molecule has 2 N–H and O–H groups in total. The van der Waals surface area contributed by atoms with Gasteiger partial charge in [0.2, 0.25) is 0 Å². The predicted octanol–water partition coefficient (Wildman–Crippen LogP) is 4.42. The number of nitrogen functional groups attached to an aromatic ring is 1. The van der Waals surface area contributed by atoms with E-state index in [1.165, 1.54) is 16.9 Å². The van der Waals surface area contributed by atoms with Crippen LogP contribution in [0.3, 0.4) is 0 Å². The molecule has 0 amide bonds. The van der Waals surface area contributed by atoms with Gasteiger partial charge >= 0.3 is 0 Å². The van der Waals surface area contributed by atoms with Gasteiger partial charge in [-0.15, -0.1) is 11.3 Å². The first-order valence-corrected chi connectivity index (χ1v) is 7.68. The first kappa shape index (κ1) is 14.8. The van der Waals surface area contributed by atoms with Crippen molar-refractivity contribution in [3.63, 3.8) is 0 Å². The summed E-state index contributed by atoms with van der Waals surface area (Å²) in [7, 11) is 0. The molecule has 0 fully saturated rings. The minimum Gasteiger partial charge on any atom is -0.390 e. The molecule has 2 nitrogen and oxygen atoms in total. The predicted molar refractivity (Wildman–Crippen MR) is 86.7 cm³/mol. The van der Waals surface area contributed by atoms with E-state index in [9.17, 15) is 4.79 Å². The van der Waals surface area contributed by atoms with Gasteiger partial charge in [-0.25, -0.2) is 0 Å². The highest BCUT2D eigenvalue weighted by molar-refractivity contribution is 7.16. The van der Waals surface area contributed by atoms with Crippen LogP contribution in [0.5, 0.6) is 0 Å². The largest absolute Gasteiger partial charge is 0.390 e. The molecule has 0 saturated heterocycles. The van der Waals surface area contributed by atoms with Crippen LogP contribution in [0.1, 0.15) is 54.1 Å². The molecule has 20 heavy (non-hydrogen) atoms. The molecule has 2 rings (SSSR count). The summed E-state index contributed by atoms with van der Waals surface area (Å²) in [6.45, 7) is 8.55. The maximum atomic E-state index is 12.5. The SMILES string of the molecule is CCc1cc(C(=O)c2ccc(C(C)(C)C)cc2)c(N)s1. The van der Waals surface area contributed by atoms with Crippen molar-refractivity contribution >= 4 is 22.1 Å². The summed E-state index contributed by atoms with van der Waals surface area (Å²) in [6.07, 6.45) is 0.908. The van der Waals surface area contributed by atoms with E-state index in [0.29, 0.717) is 16.1 Å². The van der Waals surface area contributed by atoms with Crippen molar-refractivity contribution in [2.75, 3.05) is 5.73 Å². The molecular formula is C17H21NOS. The Labute approximate surface area is 124 Å². The Hall–Kier alpha value is -1.61. The second-order valence-electron chi connectivity index (χ2n) is 6.00. The maximum absolute atomic E-state index is 12.5. The number of aryl methyl sites for hydroxylation is 1. The van der Waals surface area contributed by atoms with Crippen molar-refractivity contribution in [1.29, 1.82) is 0 Å². The highest BCUT2D eigenvalue weighted by Gasteiger charge is 2.17. The maximum Gasteiger partial charge on any atom is 0.195 e. The lowest BCUT2D eigenvalue weighted by atomic mass is 9.86. The van der Waals surface area contributed by atoms with Crippen LogP contribution in [-0.2, 0) is 11.8 Å². The van der Waals surface area contributed by atoms with Gasteiger partial charge in [0.1, 0.15) is 0 Å². The van der Waals surface area contributed by atoms with Gasteiger partial charge in [0.25, 0.3) is 0 Å². The normalized spacial score (nSPS) is 11.6. The summed E-state index contributed by atoms with van der Waals surface area (Å²) in [6, 6.07) is 9.75. The van der Waals surface area contributed by atoms with Crippen LogP contribution in [0.4, 0.5) is 5.00 Å². The van der Waals surface area contributed by atoms with Gasteiger partial charge in [0.15, 0.2) is 5.78 Å². The first-order valence-electron chi connectivity index (χ1n) is 6.86. The molecule has 0 aliphatic rings. The van der Waals surface area contributed by atoms with Crippen LogP contribution >= 0.6 is 11.3 Å². The Morgan fingerprint density at radius 1 is 1.20 bits per heavy atom. The molecule has 1 aromatic carbocycles. The lowest BCUT2D eigenvalue weighted by Crippen LogP contribution is -2.11. The topological polar surface area (TPSA) is 43.1 Å². The molecular weight excluding hydrogens is 266 g/mol. The van der Waals surface area contributed by atoms with Gasteiger partial charge in [-0.05, 0) is 23.5 Å². The number of thiophene rings is 1. The lowest BCUT2D eigenvalue weighted by molar-refractivity contribution is 0.104. The quantitative estimate of drug-likeness (QED) is 0.849. The van der Waals surface area contributed by atoms with Gasteiger partial charge in [-0.2, -0.15) is 0 Å². The molecule has 0 atom stereocenters. The molecule has 2 aromatic rings. The van der Waals surface area contributed by atoms with E-state index < -0.39 is 0 Å². The average molecular weight is 287 g/mol. The van der Waals surface area contributed by atoms with Crippen LogP contribution < -0.4 is 5.73 Å². The number of hydrogen-bond acceptors (Lipinski definition) is 3. The number of benzene rings is 1. The van der Waals surface area contributed by atoms with Crippen LogP contribution in [0.15, 0.2) is 30.3 Å². The molecule has 0 unspecified atom stereocenters. The van der Waals surface area contributed by atoms with E-state index in [1.54, 1.807) is 0 Å². The average Bonchev–Trinajstić information content (AvgIpc) is 2.78. The Bertz CT molecular complexity index is 617. The molecule has 0 radical (unpaired) electrons. The fourth-order valence-electron chi connectivity index (χ4n) is 2.09. The summed E-state index contributed by atoms with van der Waals surface area (Å²) >= 11 is 1.50. The van der Waals surface area contributed by atoms with Gasteiger partial charge in [0, 0.05) is 10.4 Å². The molecule has 106 valence electrons. The van der Waals surface area contributed by atoms with Gasteiger partial charge in [-0.3, -0.25) is 4.79 Å². The number of carbonyl (C=O) groups is 1. The lowest BCUT2D eigenvalue weighted by Gasteiger charge is -2.18. The molecule has 0 bridgehead atoms. The summed E-state index contributed by atoms with van der Waals surface area (Å²) < 4.78 is 0. The van der Waals surface area contributed by atoms with Crippen LogP contribution in [0, 0.1) is 0 Å². The van der Waals surface area contributed by atoms with Gasteiger partial charge in [0.05, 0.1) is 10.6 Å². The molecule has 0 spiro atoms. The minimum absolute atomic E-state index is 0.0129. The molecule has 0 aliphatic carbocycles. The molecule has 0 saturated carbocycles. The van der Waals surface area contributed by atoms with E-state index >= 15 is 0 Å². The smallest absolute Gasteiger partial charge is 0.195 e. The van der Waals surface area contributed by atoms with Crippen LogP contribution in [0.2, 0.25) is 0 Å². The zero-order chi connectivity index (χ0) is 14.9. The number of nitrogens with two attached hydrogens (primary N) is 1. The highest BCUT2D eigenvalue weighted by Crippen LogP contribution is 2.28. The highest BCUT2D eigenvalue weighted by atomic mass is 32.1. The van der Waals surface area contributed by atoms with Crippen molar-refractivity contribution in [1.82, 2.24) is 0 Å². The monoisotopic (exact) mass is 287 g/mol. The van der Waals surface area contributed by atoms with Crippen LogP contribution in [-0.4, -0.2) is 5.78 Å². The van der Waals surface area contributed by atoms with Crippen molar-refractivity contribution in [2.24, 2.45) is 0 Å². The fourth-order valence-corrected chi connectivity index (χ4v) is 2.95. The summed E-state index contributed by atoms with van der Waals surface area (Å²) in [5.41, 5.74) is 8.61. The van der Waals surface area contributed by atoms with Crippen molar-refractivity contribution in [2.45, 2.75) is 39.5 Å². The third-order valence-electron chi connectivity index (χ3n) is 3.42. The fraction of sp³-hybridized carbons (Fsp3) is 0.353. The zero-order valence-electron chi connectivity index (χ0n) is 12.5. The molecule has 1 heterocycles. The Balaban J connectivity index is 2.31.